The molecule has 3 atom stereocenters. The molecule has 0 bridgehead atoms. The normalized spacial score (nSPS) is 25.8. The van der Waals surface area contributed by atoms with Crippen molar-refractivity contribution < 1.29 is 28.2 Å². The van der Waals surface area contributed by atoms with Crippen LogP contribution in [0.4, 0.5) is 9.18 Å². The summed E-state index contributed by atoms with van der Waals surface area (Å²) >= 11 is 0. The molecule has 0 saturated carbocycles. The molecule has 35 heavy (non-hydrogen) atoms. The van der Waals surface area contributed by atoms with E-state index in [1.165, 1.54) is 12.1 Å². The minimum absolute atomic E-state index is 0.0872. The van der Waals surface area contributed by atoms with E-state index in [0.29, 0.717) is 32.6 Å². The number of alkyl carbamates (subject to hydrolysis) is 1. The Kier molecular flexibility index (Phi) is 7.61. The highest BCUT2D eigenvalue weighted by Gasteiger charge is 2.46. The smallest absolute Gasteiger partial charge is 0.408 e. The Morgan fingerprint density at radius 2 is 1.83 bits per heavy atom. The summed E-state index contributed by atoms with van der Waals surface area (Å²) < 4.78 is 23.9. The van der Waals surface area contributed by atoms with E-state index in [4.69, 9.17) is 9.47 Å². The standard InChI is InChI=1S/C25H35FN4O5/c1-25(2,3)35-24(33)28-20-13-29(19-14-34-15-19)11-10-18-8-9-21(30(18)23(20)32)22(31)27-12-16-4-6-17(26)7-5-16/h4-7,18-21H,8-15H2,1-3H3,(H,27,31)(H,28,33)/t18-,20+,21+/m1/s1. The van der Waals surface area contributed by atoms with E-state index in [1.807, 2.05) is 0 Å². The molecule has 1 aromatic rings. The zero-order valence-electron chi connectivity index (χ0n) is 20.6. The van der Waals surface area contributed by atoms with Crippen LogP contribution in [-0.4, -0.2) is 83.8 Å². The number of nitrogens with zero attached hydrogens (tertiary/aromatic N) is 2. The van der Waals surface area contributed by atoms with Gasteiger partial charge in [0.25, 0.3) is 0 Å². The highest BCUT2D eigenvalue weighted by molar-refractivity contribution is 5.92. The van der Waals surface area contributed by atoms with Crippen LogP contribution in [-0.2, 0) is 25.6 Å². The van der Waals surface area contributed by atoms with Crippen LogP contribution in [0.5, 0.6) is 0 Å². The van der Waals surface area contributed by atoms with Crippen molar-refractivity contribution in [1.82, 2.24) is 20.4 Å². The van der Waals surface area contributed by atoms with E-state index in [2.05, 4.69) is 15.5 Å². The van der Waals surface area contributed by atoms with Gasteiger partial charge in [-0.3, -0.25) is 14.5 Å². The van der Waals surface area contributed by atoms with Gasteiger partial charge in [-0.25, -0.2) is 9.18 Å². The van der Waals surface area contributed by atoms with Crippen LogP contribution < -0.4 is 10.6 Å². The Bertz CT molecular complexity index is 931. The first kappa shape index (κ1) is 25.4. The molecular formula is C25H35FN4O5. The molecule has 0 aromatic heterocycles. The molecule has 0 spiro atoms. The van der Waals surface area contributed by atoms with Gasteiger partial charge in [-0.2, -0.15) is 0 Å². The van der Waals surface area contributed by atoms with Gasteiger partial charge >= 0.3 is 6.09 Å². The number of nitrogens with one attached hydrogen (secondary N) is 2. The van der Waals surface area contributed by atoms with Gasteiger partial charge in [0.05, 0.1) is 19.3 Å². The first-order valence-electron chi connectivity index (χ1n) is 12.3. The second-order valence-electron chi connectivity index (χ2n) is 10.5. The summed E-state index contributed by atoms with van der Waals surface area (Å²) in [5, 5.41) is 5.65. The van der Waals surface area contributed by atoms with Crippen LogP contribution in [0, 0.1) is 5.82 Å². The molecule has 3 fully saturated rings. The van der Waals surface area contributed by atoms with E-state index in [1.54, 1.807) is 37.8 Å². The van der Waals surface area contributed by atoms with Crippen LogP contribution >= 0.6 is 0 Å². The number of amides is 3. The Labute approximate surface area is 205 Å². The average molecular weight is 491 g/mol. The largest absolute Gasteiger partial charge is 0.444 e. The van der Waals surface area contributed by atoms with Crippen molar-refractivity contribution >= 4 is 17.9 Å². The van der Waals surface area contributed by atoms with Gasteiger partial charge in [-0.1, -0.05) is 12.1 Å². The fraction of sp³-hybridized carbons (Fsp3) is 0.640. The maximum absolute atomic E-state index is 13.8. The fourth-order valence-electron chi connectivity index (χ4n) is 4.89. The Hall–Kier alpha value is -2.72. The number of hydrogen-bond donors (Lipinski definition) is 2. The average Bonchev–Trinajstić information content (AvgIpc) is 3.16. The van der Waals surface area contributed by atoms with Crippen molar-refractivity contribution in [3.05, 3.63) is 35.6 Å². The number of rotatable bonds is 5. The molecule has 3 aliphatic rings. The fourth-order valence-corrected chi connectivity index (χ4v) is 4.89. The molecule has 3 heterocycles. The summed E-state index contributed by atoms with van der Waals surface area (Å²) in [4.78, 5) is 43.3. The summed E-state index contributed by atoms with van der Waals surface area (Å²) in [6.07, 6.45) is 1.36. The van der Waals surface area contributed by atoms with Crippen LogP contribution in [0.15, 0.2) is 24.3 Å². The minimum atomic E-state index is -0.834. The van der Waals surface area contributed by atoms with Crippen molar-refractivity contribution in [1.29, 1.82) is 0 Å². The van der Waals surface area contributed by atoms with E-state index in [9.17, 15) is 18.8 Å². The summed E-state index contributed by atoms with van der Waals surface area (Å²) in [6.45, 7) is 7.84. The highest BCUT2D eigenvalue weighted by atomic mass is 19.1. The van der Waals surface area contributed by atoms with Crippen molar-refractivity contribution in [2.45, 2.75) is 76.3 Å². The first-order valence-corrected chi connectivity index (χ1v) is 12.3. The Balaban J connectivity index is 1.48. The lowest BCUT2D eigenvalue weighted by Crippen LogP contribution is -2.63. The maximum atomic E-state index is 13.8. The SMILES string of the molecule is CC(C)(C)OC(=O)N[C@H]1CN(C2COC2)CC[C@H]2CC[C@@H](C(=O)NCc3ccc(F)cc3)N2C1=O. The maximum Gasteiger partial charge on any atom is 0.408 e. The molecule has 4 rings (SSSR count). The molecule has 3 aliphatic heterocycles. The molecule has 3 amide bonds. The number of ether oxygens (including phenoxy) is 2. The molecule has 3 saturated heterocycles. The van der Waals surface area contributed by atoms with Crippen molar-refractivity contribution in [3.8, 4) is 0 Å². The van der Waals surface area contributed by atoms with Crippen LogP contribution in [0.3, 0.4) is 0 Å². The van der Waals surface area contributed by atoms with Gasteiger partial charge < -0.3 is 25.0 Å². The second-order valence-corrected chi connectivity index (χ2v) is 10.5. The monoisotopic (exact) mass is 490 g/mol. The summed E-state index contributed by atoms with van der Waals surface area (Å²) in [5.41, 5.74) is 0.0750. The molecule has 0 aliphatic carbocycles. The van der Waals surface area contributed by atoms with Gasteiger partial charge in [-0.15, -0.1) is 0 Å². The predicted molar refractivity (Wildman–Crippen MR) is 126 cm³/mol. The Morgan fingerprint density at radius 1 is 1.11 bits per heavy atom. The second kappa shape index (κ2) is 10.5. The third kappa shape index (κ3) is 6.29. The van der Waals surface area contributed by atoms with Gasteiger partial charge in [0.15, 0.2) is 0 Å². The third-order valence-electron chi connectivity index (χ3n) is 6.73. The molecular weight excluding hydrogens is 455 g/mol. The summed E-state index contributed by atoms with van der Waals surface area (Å²) in [6, 6.07) is 4.61. The summed E-state index contributed by atoms with van der Waals surface area (Å²) in [7, 11) is 0. The van der Waals surface area contributed by atoms with Crippen molar-refractivity contribution in [2.24, 2.45) is 0 Å². The van der Waals surface area contributed by atoms with Crippen molar-refractivity contribution in [2.75, 3.05) is 26.3 Å². The quantitative estimate of drug-likeness (QED) is 0.653. The van der Waals surface area contributed by atoms with E-state index in [-0.39, 0.29) is 36.3 Å². The van der Waals surface area contributed by atoms with Gasteiger partial charge in [0.2, 0.25) is 11.8 Å². The number of benzene rings is 1. The molecule has 0 radical (unpaired) electrons. The zero-order chi connectivity index (χ0) is 25.2. The lowest BCUT2D eigenvalue weighted by molar-refractivity contribution is -0.145. The van der Waals surface area contributed by atoms with E-state index >= 15 is 0 Å². The summed E-state index contributed by atoms with van der Waals surface area (Å²) in [5.74, 6) is -0.854. The minimum Gasteiger partial charge on any atom is -0.444 e. The molecule has 2 N–H and O–H groups in total. The molecule has 10 heteroatoms. The zero-order valence-corrected chi connectivity index (χ0v) is 20.6. The van der Waals surface area contributed by atoms with E-state index < -0.39 is 23.8 Å². The van der Waals surface area contributed by atoms with E-state index in [0.717, 1.165) is 18.5 Å². The third-order valence-corrected chi connectivity index (χ3v) is 6.73. The van der Waals surface area contributed by atoms with Gasteiger partial charge in [-0.05, 0) is 57.7 Å². The molecule has 1 aromatic carbocycles. The molecule has 192 valence electrons. The lowest BCUT2D eigenvalue weighted by atomic mass is 10.0. The predicted octanol–water partition coefficient (Wildman–Crippen LogP) is 1.80. The topological polar surface area (TPSA) is 100 Å². The number of fused-ring (bicyclic) bond motifs is 1. The lowest BCUT2D eigenvalue weighted by Gasteiger charge is -2.43. The molecule has 9 nitrogen and oxygen atoms in total. The number of hydrogen-bond acceptors (Lipinski definition) is 6. The van der Waals surface area contributed by atoms with Crippen molar-refractivity contribution in [3.63, 3.8) is 0 Å². The number of halogens is 1. The van der Waals surface area contributed by atoms with Gasteiger partial charge in [0, 0.05) is 25.7 Å². The van der Waals surface area contributed by atoms with Gasteiger partial charge in [0.1, 0.15) is 23.5 Å². The van der Waals surface area contributed by atoms with Crippen LogP contribution in [0.25, 0.3) is 0 Å². The Morgan fingerprint density at radius 3 is 2.46 bits per heavy atom. The van der Waals surface area contributed by atoms with Crippen LogP contribution in [0.2, 0.25) is 0 Å². The number of carbonyl (C=O) groups is 3. The molecule has 0 unspecified atom stereocenters. The first-order chi connectivity index (χ1) is 16.6. The number of carbonyl (C=O) groups excluding carboxylic acids is 3. The van der Waals surface area contributed by atoms with Crippen LogP contribution in [0.1, 0.15) is 45.6 Å². The highest BCUT2D eigenvalue weighted by Crippen LogP contribution is 2.30.